The van der Waals surface area contributed by atoms with E-state index in [1.54, 1.807) is 0 Å². The summed E-state index contributed by atoms with van der Waals surface area (Å²) in [6.45, 7) is 8.89. The molecule has 0 unspecified atom stereocenters. The Morgan fingerprint density at radius 1 is 1.00 bits per heavy atom. The summed E-state index contributed by atoms with van der Waals surface area (Å²) in [7, 11) is 1.87. The highest BCUT2D eigenvalue weighted by Crippen LogP contribution is 2.25. The second-order valence-electron chi connectivity index (χ2n) is 9.01. The van der Waals surface area contributed by atoms with Crippen LogP contribution in [-0.4, -0.2) is 50.1 Å². The highest BCUT2D eigenvalue weighted by atomic mass is 32.1. The van der Waals surface area contributed by atoms with Gasteiger partial charge in [-0.3, -0.25) is 9.89 Å². The summed E-state index contributed by atoms with van der Waals surface area (Å²) in [6, 6.07) is 13.7. The number of likely N-dealkylation sites (tertiary alicyclic amines) is 1. The summed E-state index contributed by atoms with van der Waals surface area (Å²) in [5.74, 6) is 1.79. The number of nitrogens with one attached hydrogen (secondary N) is 2. The minimum atomic E-state index is 0.480. The molecule has 3 heterocycles. The first kappa shape index (κ1) is 22.2. The maximum Gasteiger partial charge on any atom is 0.191 e. The van der Waals surface area contributed by atoms with Crippen LogP contribution in [-0.2, 0) is 13.1 Å². The van der Waals surface area contributed by atoms with Crippen LogP contribution in [0.3, 0.4) is 0 Å². The van der Waals surface area contributed by atoms with Crippen LogP contribution >= 0.6 is 11.3 Å². The quantitative estimate of drug-likeness (QED) is 0.520. The molecule has 0 amide bonds. The molecule has 168 valence electrons. The van der Waals surface area contributed by atoms with Crippen molar-refractivity contribution in [1.82, 2.24) is 15.5 Å². The molecule has 5 nitrogen and oxygen atoms in total. The van der Waals surface area contributed by atoms with Crippen molar-refractivity contribution >= 4 is 22.3 Å². The molecule has 0 bridgehead atoms. The SMILES string of the molecule is CN=C(NCc1ccccc1CN1CCC(C)CC1)NC1CCN(c2cccs2)CC1. The molecule has 6 heteroatoms. The van der Waals surface area contributed by atoms with Crippen molar-refractivity contribution < 1.29 is 0 Å². The van der Waals surface area contributed by atoms with Crippen LogP contribution in [0.2, 0.25) is 0 Å². The summed E-state index contributed by atoms with van der Waals surface area (Å²) in [4.78, 5) is 9.59. The molecule has 4 rings (SSSR count). The number of benzene rings is 1. The number of guanidine groups is 1. The lowest BCUT2D eigenvalue weighted by atomic mass is 9.98. The molecule has 2 aromatic rings. The van der Waals surface area contributed by atoms with Crippen molar-refractivity contribution in [2.45, 2.75) is 51.7 Å². The summed E-state index contributed by atoms with van der Waals surface area (Å²) in [6.07, 6.45) is 4.93. The van der Waals surface area contributed by atoms with Crippen molar-refractivity contribution in [3.63, 3.8) is 0 Å². The maximum atomic E-state index is 4.49. The fourth-order valence-electron chi connectivity index (χ4n) is 4.61. The van der Waals surface area contributed by atoms with Crippen molar-refractivity contribution in [1.29, 1.82) is 0 Å². The lowest BCUT2D eigenvalue weighted by Crippen LogP contribution is -2.48. The molecule has 2 saturated heterocycles. The van der Waals surface area contributed by atoms with E-state index in [1.165, 1.54) is 42.1 Å². The number of nitrogens with zero attached hydrogens (tertiary/aromatic N) is 3. The minimum absolute atomic E-state index is 0.480. The van der Waals surface area contributed by atoms with Gasteiger partial charge in [0.2, 0.25) is 0 Å². The second kappa shape index (κ2) is 11.0. The number of piperidine rings is 2. The summed E-state index contributed by atoms with van der Waals surface area (Å²) >= 11 is 1.83. The molecule has 0 spiro atoms. The Morgan fingerprint density at radius 3 is 2.42 bits per heavy atom. The Balaban J connectivity index is 1.26. The van der Waals surface area contributed by atoms with Crippen molar-refractivity contribution in [2.24, 2.45) is 10.9 Å². The molecule has 2 aliphatic rings. The van der Waals surface area contributed by atoms with E-state index in [4.69, 9.17) is 0 Å². The number of hydrogen-bond acceptors (Lipinski definition) is 4. The van der Waals surface area contributed by atoms with Crippen LogP contribution in [0.4, 0.5) is 5.00 Å². The number of rotatable bonds is 6. The second-order valence-corrected chi connectivity index (χ2v) is 9.94. The molecular formula is C25H37N5S. The van der Waals surface area contributed by atoms with Gasteiger partial charge >= 0.3 is 0 Å². The van der Waals surface area contributed by atoms with Gasteiger partial charge < -0.3 is 15.5 Å². The molecular weight excluding hydrogens is 402 g/mol. The first-order valence-electron chi connectivity index (χ1n) is 11.8. The summed E-state index contributed by atoms with van der Waals surface area (Å²) in [5, 5.41) is 10.8. The van der Waals surface area contributed by atoms with Crippen molar-refractivity contribution in [3.05, 3.63) is 52.9 Å². The van der Waals surface area contributed by atoms with Gasteiger partial charge in [-0.05, 0) is 73.3 Å². The van der Waals surface area contributed by atoms with Crippen molar-refractivity contribution in [2.75, 3.05) is 38.1 Å². The van der Waals surface area contributed by atoms with Crippen LogP contribution in [0.15, 0.2) is 46.8 Å². The standard InChI is InChI=1S/C25H37N5S/c1-20-9-13-29(14-10-20)19-22-7-4-3-6-21(22)18-27-25(26-2)28-23-11-15-30(16-12-23)24-8-5-17-31-24/h3-8,17,20,23H,9-16,18-19H2,1-2H3,(H2,26,27,28). The van der Waals surface area contributed by atoms with Gasteiger partial charge in [0.25, 0.3) is 0 Å². The number of aliphatic imine (C=N–C) groups is 1. The summed E-state index contributed by atoms with van der Waals surface area (Å²) < 4.78 is 0. The highest BCUT2D eigenvalue weighted by molar-refractivity contribution is 7.14. The summed E-state index contributed by atoms with van der Waals surface area (Å²) in [5.41, 5.74) is 2.81. The van der Waals surface area contributed by atoms with Gasteiger partial charge in [-0.2, -0.15) is 0 Å². The average molecular weight is 440 g/mol. The highest BCUT2D eigenvalue weighted by Gasteiger charge is 2.21. The van der Waals surface area contributed by atoms with Gasteiger partial charge in [0.05, 0.1) is 5.00 Å². The smallest absolute Gasteiger partial charge is 0.191 e. The first-order chi connectivity index (χ1) is 15.2. The van der Waals surface area contributed by atoms with Gasteiger partial charge in [-0.25, -0.2) is 0 Å². The lowest BCUT2D eigenvalue weighted by Gasteiger charge is -2.33. The normalized spacial score (nSPS) is 19.5. The predicted molar refractivity (Wildman–Crippen MR) is 133 cm³/mol. The Morgan fingerprint density at radius 2 is 1.74 bits per heavy atom. The van der Waals surface area contributed by atoms with E-state index in [1.807, 2.05) is 18.4 Å². The predicted octanol–water partition coefficient (Wildman–Crippen LogP) is 4.31. The first-order valence-corrected chi connectivity index (χ1v) is 12.6. The van der Waals surface area contributed by atoms with Gasteiger partial charge in [0.1, 0.15) is 0 Å². The van der Waals surface area contributed by atoms with E-state index in [0.717, 1.165) is 50.9 Å². The van der Waals surface area contributed by atoms with Gasteiger partial charge in [0.15, 0.2) is 5.96 Å². The van der Waals surface area contributed by atoms with Crippen LogP contribution in [0.25, 0.3) is 0 Å². The van der Waals surface area contributed by atoms with E-state index in [-0.39, 0.29) is 0 Å². The molecule has 2 aliphatic heterocycles. The molecule has 0 saturated carbocycles. The number of hydrogen-bond donors (Lipinski definition) is 2. The third-order valence-electron chi connectivity index (χ3n) is 6.71. The van der Waals surface area contributed by atoms with Crippen LogP contribution in [0.1, 0.15) is 43.7 Å². The van der Waals surface area contributed by atoms with Crippen molar-refractivity contribution in [3.8, 4) is 0 Å². The molecule has 0 atom stereocenters. The fraction of sp³-hybridized carbons (Fsp3) is 0.560. The zero-order valence-electron chi connectivity index (χ0n) is 19.0. The molecule has 1 aromatic carbocycles. The number of anilines is 1. The molecule has 0 aliphatic carbocycles. The monoisotopic (exact) mass is 439 g/mol. The number of thiophene rings is 1. The largest absolute Gasteiger partial charge is 0.363 e. The Labute approximate surface area is 191 Å². The molecule has 2 N–H and O–H groups in total. The minimum Gasteiger partial charge on any atom is -0.363 e. The van der Waals surface area contributed by atoms with Crippen LogP contribution < -0.4 is 15.5 Å². The zero-order chi connectivity index (χ0) is 21.5. The Hall–Kier alpha value is -2.05. The zero-order valence-corrected chi connectivity index (χ0v) is 19.8. The average Bonchev–Trinajstić information content (AvgIpc) is 3.34. The fourth-order valence-corrected chi connectivity index (χ4v) is 5.39. The van der Waals surface area contributed by atoms with E-state index in [2.05, 4.69) is 74.1 Å². The van der Waals surface area contributed by atoms with Gasteiger partial charge in [0, 0.05) is 39.3 Å². The third kappa shape index (κ3) is 6.23. The van der Waals surface area contributed by atoms with Gasteiger partial charge in [-0.15, -0.1) is 11.3 Å². The third-order valence-corrected chi connectivity index (χ3v) is 7.64. The van der Waals surface area contributed by atoms with E-state index in [0.29, 0.717) is 6.04 Å². The van der Waals surface area contributed by atoms with Gasteiger partial charge in [-0.1, -0.05) is 31.2 Å². The van der Waals surface area contributed by atoms with Crippen LogP contribution in [0, 0.1) is 5.92 Å². The molecule has 1 aromatic heterocycles. The topological polar surface area (TPSA) is 42.9 Å². The molecule has 0 radical (unpaired) electrons. The lowest BCUT2D eigenvalue weighted by molar-refractivity contribution is 0.185. The Kier molecular flexibility index (Phi) is 7.86. The Bertz CT molecular complexity index is 818. The molecule has 2 fully saturated rings. The van der Waals surface area contributed by atoms with E-state index in [9.17, 15) is 0 Å². The van der Waals surface area contributed by atoms with E-state index < -0.39 is 0 Å². The van der Waals surface area contributed by atoms with E-state index >= 15 is 0 Å². The van der Waals surface area contributed by atoms with Crippen LogP contribution in [0.5, 0.6) is 0 Å². The molecule has 31 heavy (non-hydrogen) atoms. The maximum absolute atomic E-state index is 4.49.